The summed E-state index contributed by atoms with van der Waals surface area (Å²) in [6.45, 7) is 2.15. The first-order valence-electron chi connectivity index (χ1n) is 7.66. The lowest BCUT2D eigenvalue weighted by molar-refractivity contribution is 0.578. The Hall–Kier alpha value is -2.41. The third kappa shape index (κ3) is 2.92. The summed E-state index contributed by atoms with van der Waals surface area (Å²) in [4.78, 5) is 2.35. The highest BCUT2D eigenvalue weighted by molar-refractivity contribution is 6.33. The van der Waals surface area contributed by atoms with Crippen molar-refractivity contribution in [3.8, 4) is 0 Å². The molecule has 4 rings (SSSR count). The Labute approximate surface area is 138 Å². The molecule has 3 heterocycles. The number of nitrogens with zero attached hydrogens (tertiary/aromatic N) is 6. The van der Waals surface area contributed by atoms with Crippen molar-refractivity contribution in [2.24, 2.45) is 0 Å². The minimum absolute atomic E-state index is 0.606. The fraction of sp³-hybridized carbons (Fsp3) is 0.333. The van der Waals surface area contributed by atoms with E-state index in [0.717, 1.165) is 29.5 Å². The van der Waals surface area contributed by atoms with Crippen molar-refractivity contribution in [1.29, 1.82) is 0 Å². The fourth-order valence-electron chi connectivity index (χ4n) is 2.84. The Morgan fingerprint density at radius 2 is 1.91 bits per heavy atom. The van der Waals surface area contributed by atoms with E-state index < -0.39 is 0 Å². The molecule has 0 saturated carbocycles. The average molecular weight is 330 g/mol. The molecular weight excluding hydrogens is 314 g/mol. The van der Waals surface area contributed by atoms with Crippen LogP contribution in [-0.4, -0.2) is 38.3 Å². The number of hydrogen-bond acceptors (Lipinski definition) is 6. The molecule has 2 aromatic heterocycles. The van der Waals surface area contributed by atoms with E-state index in [1.165, 1.54) is 23.9 Å². The van der Waals surface area contributed by atoms with Gasteiger partial charge in [0.2, 0.25) is 0 Å². The van der Waals surface area contributed by atoms with Gasteiger partial charge in [-0.25, -0.2) is 0 Å². The van der Waals surface area contributed by atoms with Gasteiger partial charge in [0.25, 0.3) is 0 Å². The van der Waals surface area contributed by atoms with Gasteiger partial charge in [-0.05, 0) is 60.0 Å². The van der Waals surface area contributed by atoms with E-state index in [0.29, 0.717) is 11.5 Å². The number of rotatable bonds is 3. The maximum absolute atomic E-state index is 6.47. The monoisotopic (exact) mass is 329 g/mol. The second-order valence-electron chi connectivity index (χ2n) is 5.58. The number of piperidine rings is 1. The van der Waals surface area contributed by atoms with E-state index in [1.54, 1.807) is 6.07 Å². The number of nitrogens with one attached hydrogen (secondary N) is 1. The van der Waals surface area contributed by atoms with Gasteiger partial charge in [0.15, 0.2) is 11.5 Å². The zero-order valence-corrected chi connectivity index (χ0v) is 13.2. The average Bonchev–Trinajstić information content (AvgIpc) is 3.03. The van der Waals surface area contributed by atoms with E-state index in [1.807, 2.05) is 18.2 Å². The van der Waals surface area contributed by atoms with Crippen LogP contribution in [0.3, 0.4) is 0 Å². The second kappa shape index (κ2) is 6.00. The van der Waals surface area contributed by atoms with Gasteiger partial charge in [0, 0.05) is 18.8 Å². The first kappa shape index (κ1) is 14.2. The molecule has 1 aliphatic heterocycles. The number of aromatic nitrogens is 5. The van der Waals surface area contributed by atoms with Crippen molar-refractivity contribution in [2.45, 2.75) is 19.3 Å². The molecule has 1 saturated heterocycles. The Morgan fingerprint density at radius 3 is 2.74 bits per heavy atom. The number of benzene rings is 1. The Morgan fingerprint density at radius 1 is 1.04 bits per heavy atom. The third-order valence-corrected chi connectivity index (χ3v) is 4.29. The molecular formula is C15H16ClN7. The van der Waals surface area contributed by atoms with Gasteiger partial charge in [0.05, 0.1) is 10.7 Å². The molecule has 1 aromatic carbocycles. The number of anilines is 3. The number of fused-ring (bicyclic) bond motifs is 1. The van der Waals surface area contributed by atoms with Gasteiger partial charge >= 0.3 is 0 Å². The molecule has 0 amide bonds. The van der Waals surface area contributed by atoms with Crippen molar-refractivity contribution in [1.82, 2.24) is 25.3 Å². The summed E-state index contributed by atoms with van der Waals surface area (Å²) < 4.78 is 1.38. The molecule has 0 bridgehead atoms. The summed E-state index contributed by atoms with van der Waals surface area (Å²) in [5, 5.41) is 19.5. The van der Waals surface area contributed by atoms with E-state index in [9.17, 15) is 0 Å². The summed E-state index contributed by atoms with van der Waals surface area (Å²) in [5.41, 5.74) is 2.59. The van der Waals surface area contributed by atoms with Gasteiger partial charge in [-0.3, -0.25) is 0 Å². The Bertz CT molecular complexity index is 826. The van der Waals surface area contributed by atoms with Crippen molar-refractivity contribution in [3.63, 3.8) is 0 Å². The summed E-state index contributed by atoms with van der Waals surface area (Å²) in [5.74, 6) is 0.659. The Kier molecular flexibility index (Phi) is 3.70. The summed E-state index contributed by atoms with van der Waals surface area (Å²) in [7, 11) is 0. The van der Waals surface area contributed by atoms with E-state index in [-0.39, 0.29) is 0 Å². The van der Waals surface area contributed by atoms with Crippen LogP contribution < -0.4 is 10.2 Å². The second-order valence-corrected chi connectivity index (χ2v) is 5.99. The minimum Gasteiger partial charge on any atom is -0.370 e. The van der Waals surface area contributed by atoms with Crippen molar-refractivity contribution < 1.29 is 0 Å². The molecule has 0 atom stereocenters. The van der Waals surface area contributed by atoms with Crippen LogP contribution in [0.1, 0.15) is 19.3 Å². The first-order chi connectivity index (χ1) is 11.3. The van der Waals surface area contributed by atoms with Crippen molar-refractivity contribution >= 4 is 34.4 Å². The van der Waals surface area contributed by atoms with Crippen LogP contribution in [0, 0.1) is 0 Å². The lowest BCUT2D eigenvalue weighted by Crippen LogP contribution is -2.29. The molecule has 0 spiro atoms. The molecule has 118 valence electrons. The van der Waals surface area contributed by atoms with Gasteiger partial charge < -0.3 is 10.2 Å². The van der Waals surface area contributed by atoms with Crippen molar-refractivity contribution in [2.75, 3.05) is 23.3 Å². The molecule has 7 nitrogen and oxygen atoms in total. The normalized spacial score (nSPS) is 15.1. The highest BCUT2D eigenvalue weighted by atomic mass is 35.5. The Balaban J connectivity index is 1.55. The molecule has 0 unspecified atom stereocenters. The largest absolute Gasteiger partial charge is 0.370 e. The van der Waals surface area contributed by atoms with Crippen LogP contribution in [0.5, 0.6) is 0 Å². The number of halogens is 1. The lowest BCUT2D eigenvalue weighted by atomic mass is 10.1. The van der Waals surface area contributed by atoms with Gasteiger partial charge in [-0.2, -0.15) is 0 Å². The SMILES string of the molecule is Clc1cc(Nc2ccc3nnnn3n2)ccc1N1CCCCC1. The molecule has 0 radical (unpaired) electrons. The van der Waals surface area contributed by atoms with Crippen LogP contribution in [0.2, 0.25) is 5.02 Å². The van der Waals surface area contributed by atoms with Crippen LogP contribution >= 0.6 is 11.6 Å². The highest BCUT2D eigenvalue weighted by Crippen LogP contribution is 2.31. The molecule has 0 aliphatic carbocycles. The lowest BCUT2D eigenvalue weighted by Gasteiger charge is -2.29. The van der Waals surface area contributed by atoms with Crippen LogP contribution in [0.25, 0.3) is 5.65 Å². The van der Waals surface area contributed by atoms with E-state index in [2.05, 4.69) is 36.9 Å². The summed E-state index contributed by atoms with van der Waals surface area (Å²) in [6, 6.07) is 9.64. The number of tetrazole rings is 1. The maximum atomic E-state index is 6.47. The zero-order valence-electron chi connectivity index (χ0n) is 12.5. The molecule has 3 aromatic rings. The van der Waals surface area contributed by atoms with Crippen LogP contribution in [0.4, 0.5) is 17.2 Å². The summed E-state index contributed by atoms with van der Waals surface area (Å²) in [6.07, 6.45) is 3.76. The quantitative estimate of drug-likeness (QED) is 0.796. The minimum atomic E-state index is 0.606. The van der Waals surface area contributed by atoms with Gasteiger partial charge in [-0.1, -0.05) is 11.6 Å². The molecule has 1 aliphatic rings. The standard InChI is InChI=1S/C15H16ClN7/c16-12-10-11(4-5-13(12)22-8-2-1-3-9-22)17-14-6-7-15-18-20-21-23(15)19-14/h4-7,10H,1-3,8-9H2,(H,17,19). The molecule has 1 N–H and O–H groups in total. The van der Waals surface area contributed by atoms with E-state index in [4.69, 9.17) is 11.6 Å². The fourth-order valence-corrected chi connectivity index (χ4v) is 3.14. The first-order valence-corrected chi connectivity index (χ1v) is 8.04. The topological polar surface area (TPSA) is 71.2 Å². The maximum Gasteiger partial charge on any atom is 0.200 e. The molecule has 23 heavy (non-hydrogen) atoms. The third-order valence-electron chi connectivity index (χ3n) is 3.99. The zero-order chi connectivity index (χ0) is 15.6. The smallest absolute Gasteiger partial charge is 0.200 e. The molecule has 8 heteroatoms. The summed E-state index contributed by atoms with van der Waals surface area (Å²) >= 11 is 6.47. The van der Waals surface area contributed by atoms with Crippen molar-refractivity contribution in [3.05, 3.63) is 35.4 Å². The van der Waals surface area contributed by atoms with E-state index >= 15 is 0 Å². The highest BCUT2D eigenvalue weighted by Gasteiger charge is 2.14. The van der Waals surface area contributed by atoms with Gasteiger partial charge in [-0.15, -0.1) is 14.8 Å². The van der Waals surface area contributed by atoms with Gasteiger partial charge in [0.1, 0.15) is 0 Å². The van der Waals surface area contributed by atoms with Crippen LogP contribution in [0.15, 0.2) is 30.3 Å². The predicted octanol–water partition coefficient (Wildman–Crippen LogP) is 2.91. The van der Waals surface area contributed by atoms with Crippen LogP contribution in [-0.2, 0) is 0 Å². The predicted molar refractivity (Wildman–Crippen MR) is 89.4 cm³/mol. The molecule has 1 fully saturated rings. The number of hydrogen-bond donors (Lipinski definition) is 1.